The number of amides is 1. The number of ether oxygens (including phenoxy) is 2. The molecule has 0 spiro atoms. The first-order chi connectivity index (χ1) is 12.7. The first-order valence-electron chi connectivity index (χ1n) is 8.95. The molecule has 0 bridgehead atoms. The van der Waals surface area contributed by atoms with Gasteiger partial charge in [0.15, 0.2) is 6.61 Å². The number of para-hydroxylation sites is 1. The van der Waals surface area contributed by atoms with E-state index < -0.39 is 12.1 Å². The molecule has 1 unspecified atom stereocenters. The molecule has 0 aliphatic carbocycles. The Balaban J connectivity index is 1.67. The molecule has 0 aromatic heterocycles. The average molecular weight is 353 g/mol. The molecule has 1 aliphatic rings. The van der Waals surface area contributed by atoms with E-state index >= 15 is 0 Å². The molecule has 5 heteroatoms. The molecule has 1 saturated heterocycles. The van der Waals surface area contributed by atoms with Gasteiger partial charge in [-0.1, -0.05) is 48.5 Å². The van der Waals surface area contributed by atoms with Crippen LogP contribution >= 0.6 is 0 Å². The Bertz CT molecular complexity index is 711. The van der Waals surface area contributed by atoms with Crippen LogP contribution in [0.1, 0.15) is 30.9 Å². The van der Waals surface area contributed by atoms with Crippen LogP contribution in [0, 0.1) is 0 Å². The highest BCUT2D eigenvalue weighted by Crippen LogP contribution is 2.23. The Morgan fingerprint density at radius 3 is 2.15 bits per heavy atom. The molecule has 2 aromatic rings. The van der Waals surface area contributed by atoms with Crippen LogP contribution in [-0.4, -0.2) is 36.5 Å². The third-order valence-corrected chi connectivity index (χ3v) is 4.34. The highest BCUT2D eigenvalue weighted by molar-refractivity contribution is 5.85. The van der Waals surface area contributed by atoms with Crippen molar-refractivity contribution >= 4 is 11.9 Å². The number of esters is 1. The van der Waals surface area contributed by atoms with Crippen molar-refractivity contribution in [2.75, 3.05) is 19.7 Å². The normalized spacial score (nSPS) is 15.2. The van der Waals surface area contributed by atoms with Crippen LogP contribution < -0.4 is 4.74 Å². The summed E-state index contributed by atoms with van der Waals surface area (Å²) in [5.41, 5.74) is 0.677. The molecular weight excluding hydrogens is 330 g/mol. The molecule has 0 saturated carbocycles. The molecule has 0 radical (unpaired) electrons. The quantitative estimate of drug-likeness (QED) is 0.747. The number of carbonyl (C=O) groups is 2. The van der Waals surface area contributed by atoms with Gasteiger partial charge >= 0.3 is 5.97 Å². The predicted molar refractivity (Wildman–Crippen MR) is 97.6 cm³/mol. The number of rotatable bonds is 6. The van der Waals surface area contributed by atoms with E-state index in [1.54, 1.807) is 29.2 Å². The minimum atomic E-state index is -0.929. The van der Waals surface area contributed by atoms with Crippen LogP contribution in [-0.2, 0) is 14.3 Å². The maximum absolute atomic E-state index is 12.9. The molecule has 2 aromatic carbocycles. The van der Waals surface area contributed by atoms with Gasteiger partial charge < -0.3 is 14.4 Å². The Labute approximate surface area is 153 Å². The Kier molecular flexibility index (Phi) is 6.25. The minimum Gasteiger partial charge on any atom is -0.482 e. The zero-order valence-corrected chi connectivity index (χ0v) is 14.7. The number of likely N-dealkylation sites (tertiary alicyclic amines) is 1. The second-order valence-corrected chi connectivity index (χ2v) is 6.27. The van der Waals surface area contributed by atoms with Gasteiger partial charge in [0, 0.05) is 18.7 Å². The summed E-state index contributed by atoms with van der Waals surface area (Å²) in [6.45, 7) is 1.18. The second-order valence-electron chi connectivity index (χ2n) is 6.27. The Morgan fingerprint density at radius 1 is 0.885 bits per heavy atom. The molecule has 136 valence electrons. The van der Waals surface area contributed by atoms with Crippen LogP contribution in [0.2, 0.25) is 0 Å². The van der Waals surface area contributed by atoms with Crippen molar-refractivity contribution in [2.45, 2.75) is 25.4 Å². The molecule has 5 nitrogen and oxygen atoms in total. The molecule has 1 fully saturated rings. The van der Waals surface area contributed by atoms with E-state index in [1.807, 2.05) is 36.4 Å². The summed E-state index contributed by atoms with van der Waals surface area (Å²) >= 11 is 0. The van der Waals surface area contributed by atoms with Crippen LogP contribution in [0.15, 0.2) is 60.7 Å². The average Bonchev–Trinajstić information content (AvgIpc) is 2.72. The van der Waals surface area contributed by atoms with Crippen LogP contribution in [0.3, 0.4) is 0 Å². The highest BCUT2D eigenvalue weighted by atomic mass is 16.6. The second kappa shape index (κ2) is 9.04. The minimum absolute atomic E-state index is 0.163. The third kappa shape index (κ3) is 4.85. The van der Waals surface area contributed by atoms with Gasteiger partial charge in [-0.25, -0.2) is 4.79 Å². The molecule has 3 rings (SSSR count). The highest BCUT2D eigenvalue weighted by Gasteiger charge is 2.30. The lowest BCUT2D eigenvalue weighted by atomic mass is 10.1. The first kappa shape index (κ1) is 18.0. The number of carbonyl (C=O) groups excluding carboxylic acids is 2. The Morgan fingerprint density at radius 2 is 1.50 bits per heavy atom. The number of nitrogens with zero attached hydrogens (tertiary/aromatic N) is 1. The number of hydrogen-bond donors (Lipinski definition) is 0. The molecule has 1 amide bonds. The summed E-state index contributed by atoms with van der Waals surface area (Å²) in [5, 5.41) is 0. The molecule has 1 aliphatic heterocycles. The lowest BCUT2D eigenvalue weighted by Crippen LogP contribution is -2.40. The van der Waals surface area contributed by atoms with Crippen molar-refractivity contribution in [3.63, 3.8) is 0 Å². The monoisotopic (exact) mass is 353 g/mol. The molecule has 0 N–H and O–H groups in total. The van der Waals surface area contributed by atoms with Crippen molar-refractivity contribution in [2.24, 2.45) is 0 Å². The zero-order valence-electron chi connectivity index (χ0n) is 14.7. The Hall–Kier alpha value is -2.82. The topological polar surface area (TPSA) is 55.8 Å². The van der Waals surface area contributed by atoms with E-state index in [2.05, 4.69) is 0 Å². The maximum Gasteiger partial charge on any atom is 0.345 e. The summed E-state index contributed by atoms with van der Waals surface area (Å²) in [7, 11) is 0. The first-order valence-corrected chi connectivity index (χ1v) is 8.95. The summed E-state index contributed by atoms with van der Waals surface area (Å²) in [6.07, 6.45) is 2.17. The van der Waals surface area contributed by atoms with Crippen molar-refractivity contribution in [3.05, 3.63) is 66.2 Å². The molecule has 26 heavy (non-hydrogen) atoms. The fourth-order valence-corrected chi connectivity index (χ4v) is 2.99. The maximum atomic E-state index is 12.9. The van der Waals surface area contributed by atoms with Crippen molar-refractivity contribution in [3.8, 4) is 5.75 Å². The standard InChI is InChI=1S/C21H23NO4/c23-19(16-25-18-12-6-2-7-13-18)26-20(17-10-4-1-5-11-17)21(24)22-14-8-3-9-15-22/h1-2,4-7,10-13,20H,3,8-9,14-16H2. The lowest BCUT2D eigenvalue weighted by Gasteiger charge is -2.30. The molecule has 1 heterocycles. The summed E-state index contributed by atoms with van der Waals surface area (Å²) in [4.78, 5) is 27.0. The predicted octanol–water partition coefficient (Wildman–Crippen LogP) is 3.36. The molecule has 1 atom stereocenters. The van der Waals surface area contributed by atoms with Crippen LogP contribution in [0.5, 0.6) is 5.75 Å². The fraction of sp³-hybridized carbons (Fsp3) is 0.333. The molecular formula is C21H23NO4. The summed E-state index contributed by atoms with van der Waals surface area (Å²) < 4.78 is 10.9. The van der Waals surface area contributed by atoms with Crippen molar-refractivity contribution < 1.29 is 19.1 Å². The van der Waals surface area contributed by atoms with Gasteiger partial charge in [0.25, 0.3) is 5.91 Å². The summed E-state index contributed by atoms with van der Waals surface area (Å²) in [6, 6.07) is 18.2. The van der Waals surface area contributed by atoms with E-state index in [9.17, 15) is 9.59 Å². The van der Waals surface area contributed by atoms with E-state index in [0.717, 1.165) is 19.3 Å². The smallest absolute Gasteiger partial charge is 0.345 e. The summed E-state index contributed by atoms with van der Waals surface area (Å²) in [5.74, 6) is -0.139. The zero-order chi connectivity index (χ0) is 18.2. The van der Waals surface area contributed by atoms with Gasteiger partial charge in [-0.2, -0.15) is 0 Å². The van der Waals surface area contributed by atoms with Gasteiger partial charge in [-0.3, -0.25) is 4.79 Å². The van der Waals surface area contributed by atoms with Crippen LogP contribution in [0.25, 0.3) is 0 Å². The largest absolute Gasteiger partial charge is 0.482 e. The van der Waals surface area contributed by atoms with Gasteiger partial charge in [0.05, 0.1) is 0 Å². The van der Waals surface area contributed by atoms with E-state index in [1.165, 1.54) is 0 Å². The number of piperidine rings is 1. The van der Waals surface area contributed by atoms with Gasteiger partial charge in [0.1, 0.15) is 5.75 Å². The lowest BCUT2D eigenvalue weighted by molar-refractivity contribution is -0.163. The SMILES string of the molecule is O=C(COc1ccccc1)OC(C(=O)N1CCCCC1)c1ccccc1. The van der Waals surface area contributed by atoms with E-state index in [-0.39, 0.29) is 12.5 Å². The van der Waals surface area contributed by atoms with Crippen molar-refractivity contribution in [1.82, 2.24) is 4.90 Å². The van der Waals surface area contributed by atoms with E-state index in [4.69, 9.17) is 9.47 Å². The van der Waals surface area contributed by atoms with Gasteiger partial charge in [0.2, 0.25) is 6.10 Å². The van der Waals surface area contributed by atoms with E-state index in [0.29, 0.717) is 24.4 Å². The van der Waals surface area contributed by atoms with Crippen molar-refractivity contribution in [1.29, 1.82) is 0 Å². The van der Waals surface area contributed by atoms with Gasteiger partial charge in [-0.05, 0) is 31.4 Å². The number of benzene rings is 2. The number of hydrogen-bond acceptors (Lipinski definition) is 4. The third-order valence-electron chi connectivity index (χ3n) is 4.34. The van der Waals surface area contributed by atoms with Crippen LogP contribution in [0.4, 0.5) is 0 Å². The van der Waals surface area contributed by atoms with Gasteiger partial charge in [-0.15, -0.1) is 0 Å². The fourth-order valence-electron chi connectivity index (χ4n) is 2.99.